The normalized spacial score (nSPS) is 13.6. The third-order valence-corrected chi connectivity index (χ3v) is 4.60. The van der Waals surface area contributed by atoms with Crippen LogP contribution in [0.1, 0.15) is 43.0 Å². The summed E-state index contributed by atoms with van der Waals surface area (Å²) in [5, 5.41) is 5.41. The molecule has 3 rings (SSSR count). The molecule has 0 fully saturated rings. The Hall–Kier alpha value is -2.82. The second kappa shape index (κ2) is 8.04. The smallest absolute Gasteiger partial charge is 0.313 e. The molecule has 0 aromatic heterocycles. The van der Waals surface area contributed by atoms with Gasteiger partial charge in [-0.1, -0.05) is 18.2 Å². The number of benzene rings is 2. The minimum absolute atomic E-state index is 0.274. The molecule has 2 aromatic carbocycles. The molecule has 0 bridgehead atoms. The van der Waals surface area contributed by atoms with Gasteiger partial charge in [-0.25, -0.2) is 0 Å². The number of anilines is 1. The third-order valence-electron chi connectivity index (χ3n) is 4.60. The lowest BCUT2D eigenvalue weighted by atomic mass is 10.1. The van der Waals surface area contributed by atoms with Crippen molar-refractivity contribution >= 4 is 17.5 Å². The van der Waals surface area contributed by atoms with E-state index in [1.165, 1.54) is 11.1 Å². The van der Waals surface area contributed by atoms with Crippen LogP contribution >= 0.6 is 0 Å². The molecular weight excluding hydrogens is 328 g/mol. The van der Waals surface area contributed by atoms with Crippen LogP contribution in [0.15, 0.2) is 42.5 Å². The molecule has 2 amide bonds. The Morgan fingerprint density at radius 1 is 1.04 bits per heavy atom. The van der Waals surface area contributed by atoms with E-state index < -0.39 is 11.8 Å². The van der Waals surface area contributed by atoms with E-state index >= 15 is 0 Å². The van der Waals surface area contributed by atoms with E-state index in [1.54, 1.807) is 0 Å². The molecule has 0 unspecified atom stereocenters. The van der Waals surface area contributed by atoms with Crippen molar-refractivity contribution in [2.24, 2.45) is 0 Å². The van der Waals surface area contributed by atoms with Gasteiger partial charge in [0.1, 0.15) is 5.75 Å². The van der Waals surface area contributed by atoms with E-state index in [1.807, 2.05) is 56.3 Å². The SMILES string of the molecule is CCOc1ccc([C@H](C)NC(=O)C(=O)Nc2ccc3c(c2)CCC3)cc1. The third kappa shape index (κ3) is 4.23. The lowest BCUT2D eigenvalue weighted by Gasteiger charge is -2.15. The highest BCUT2D eigenvalue weighted by molar-refractivity contribution is 6.39. The first kappa shape index (κ1) is 18.0. The predicted octanol–water partition coefficient (Wildman–Crippen LogP) is 3.39. The first-order chi connectivity index (χ1) is 12.6. The van der Waals surface area contributed by atoms with Gasteiger partial charge in [0, 0.05) is 5.69 Å². The number of fused-ring (bicyclic) bond motifs is 1. The average molecular weight is 352 g/mol. The number of aryl methyl sites for hydroxylation is 2. The summed E-state index contributed by atoms with van der Waals surface area (Å²) in [7, 11) is 0. The van der Waals surface area contributed by atoms with Crippen LogP contribution in [0.2, 0.25) is 0 Å². The van der Waals surface area contributed by atoms with Crippen molar-refractivity contribution in [3.05, 3.63) is 59.2 Å². The van der Waals surface area contributed by atoms with Crippen LogP contribution in [0, 0.1) is 0 Å². The van der Waals surface area contributed by atoms with Gasteiger partial charge in [0.2, 0.25) is 0 Å². The molecule has 0 radical (unpaired) electrons. The molecule has 2 aromatic rings. The molecule has 0 heterocycles. The summed E-state index contributed by atoms with van der Waals surface area (Å²) >= 11 is 0. The monoisotopic (exact) mass is 352 g/mol. The number of carbonyl (C=O) groups is 2. The van der Waals surface area contributed by atoms with Gasteiger partial charge in [-0.05, 0) is 74.1 Å². The second-order valence-electron chi connectivity index (χ2n) is 6.49. The van der Waals surface area contributed by atoms with Crippen LogP contribution in [0.3, 0.4) is 0 Å². The number of rotatable bonds is 5. The van der Waals surface area contributed by atoms with Crippen molar-refractivity contribution in [1.29, 1.82) is 0 Å². The number of ether oxygens (including phenoxy) is 1. The fourth-order valence-electron chi connectivity index (χ4n) is 3.20. The van der Waals surface area contributed by atoms with Crippen LogP contribution in [0.5, 0.6) is 5.75 Å². The maximum absolute atomic E-state index is 12.2. The van der Waals surface area contributed by atoms with E-state index in [9.17, 15) is 9.59 Å². The molecule has 26 heavy (non-hydrogen) atoms. The Morgan fingerprint density at radius 2 is 1.77 bits per heavy atom. The first-order valence-electron chi connectivity index (χ1n) is 9.03. The molecule has 1 atom stereocenters. The van der Waals surface area contributed by atoms with Crippen molar-refractivity contribution in [3.63, 3.8) is 0 Å². The zero-order valence-electron chi connectivity index (χ0n) is 15.2. The van der Waals surface area contributed by atoms with Gasteiger partial charge in [0.25, 0.3) is 0 Å². The predicted molar refractivity (Wildman–Crippen MR) is 101 cm³/mol. The lowest BCUT2D eigenvalue weighted by Crippen LogP contribution is -2.36. The van der Waals surface area contributed by atoms with Crippen LogP contribution in [0.25, 0.3) is 0 Å². The van der Waals surface area contributed by atoms with Gasteiger partial charge in [-0.2, -0.15) is 0 Å². The van der Waals surface area contributed by atoms with Gasteiger partial charge < -0.3 is 15.4 Å². The molecular formula is C21H24N2O3. The molecule has 136 valence electrons. The molecule has 0 spiro atoms. The summed E-state index contributed by atoms with van der Waals surface area (Å²) in [6, 6.07) is 13.0. The molecule has 0 aliphatic heterocycles. The Bertz CT molecular complexity index is 799. The Labute approximate surface area is 153 Å². The minimum Gasteiger partial charge on any atom is -0.494 e. The van der Waals surface area contributed by atoms with Crippen molar-refractivity contribution in [2.45, 2.75) is 39.2 Å². The fourth-order valence-corrected chi connectivity index (χ4v) is 3.20. The summed E-state index contributed by atoms with van der Waals surface area (Å²) in [4.78, 5) is 24.4. The molecule has 5 nitrogen and oxygen atoms in total. The van der Waals surface area contributed by atoms with Crippen LogP contribution < -0.4 is 15.4 Å². The van der Waals surface area contributed by atoms with Gasteiger partial charge >= 0.3 is 11.8 Å². The highest BCUT2D eigenvalue weighted by atomic mass is 16.5. The van der Waals surface area contributed by atoms with E-state index in [4.69, 9.17) is 4.74 Å². The molecule has 1 aliphatic rings. The Morgan fingerprint density at radius 3 is 2.50 bits per heavy atom. The van der Waals surface area contributed by atoms with E-state index in [0.29, 0.717) is 12.3 Å². The standard InChI is InChI=1S/C21H24N2O3/c1-3-26-19-11-8-15(9-12-19)14(2)22-20(24)21(25)23-18-10-7-16-5-4-6-17(16)13-18/h7-14H,3-6H2,1-2H3,(H,22,24)(H,23,25)/t14-/m0/s1. The highest BCUT2D eigenvalue weighted by Crippen LogP contribution is 2.25. The number of carbonyl (C=O) groups excluding carboxylic acids is 2. The van der Waals surface area contributed by atoms with Crippen molar-refractivity contribution in [2.75, 3.05) is 11.9 Å². The summed E-state index contributed by atoms with van der Waals surface area (Å²) in [5.74, 6) is -0.517. The zero-order chi connectivity index (χ0) is 18.5. The summed E-state index contributed by atoms with van der Waals surface area (Å²) in [6.07, 6.45) is 3.26. The summed E-state index contributed by atoms with van der Waals surface area (Å²) in [5.41, 5.74) is 4.16. The minimum atomic E-state index is -0.652. The molecule has 2 N–H and O–H groups in total. The largest absolute Gasteiger partial charge is 0.494 e. The van der Waals surface area contributed by atoms with Crippen molar-refractivity contribution in [1.82, 2.24) is 5.32 Å². The van der Waals surface area contributed by atoms with Crippen molar-refractivity contribution < 1.29 is 14.3 Å². The van der Waals surface area contributed by atoms with Gasteiger partial charge in [-0.15, -0.1) is 0 Å². The first-order valence-corrected chi connectivity index (χ1v) is 9.03. The lowest BCUT2D eigenvalue weighted by molar-refractivity contribution is -0.136. The quantitative estimate of drug-likeness (QED) is 0.811. The molecule has 0 saturated carbocycles. The van der Waals surface area contributed by atoms with Crippen molar-refractivity contribution in [3.8, 4) is 5.75 Å². The van der Waals surface area contributed by atoms with Gasteiger partial charge in [0.15, 0.2) is 0 Å². The summed E-state index contributed by atoms with van der Waals surface area (Å²) in [6.45, 7) is 4.38. The molecule has 5 heteroatoms. The fraction of sp³-hybridized carbons (Fsp3) is 0.333. The van der Waals surface area contributed by atoms with Crippen LogP contribution in [-0.4, -0.2) is 18.4 Å². The number of hydrogen-bond donors (Lipinski definition) is 2. The van der Waals surface area contributed by atoms with E-state index in [0.717, 1.165) is 30.6 Å². The number of hydrogen-bond acceptors (Lipinski definition) is 3. The molecule has 1 aliphatic carbocycles. The topological polar surface area (TPSA) is 67.4 Å². The number of amides is 2. The van der Waals surface area contributed by atoms with Gasteiger partial charge in [0.05, 0.1) is 12.6 Å². The van der Waals surface area contributed by atoms with Crippen LogP contribution in [0.4, 0.5) is 5.69 Å². The number of nitrogens with one attached hydrogen (secondary N) is 2. The van der Waals surface area contributed by atoms with E-state index in [-0.39, 0.29) is 6.04 Å². The second-order valence-corrected chi connectivity index (χ2v) is 6.49. The highest BCUT2D eigenvalue weighted by Gasteiger charge is 2.18. The Kier molecular flexibility index (Phi) is 5.56. The zero-order valence-corrected chi connectivity index (χ0v) is 15.2. The maximum atomic E-state index is 12.2. The maximum Gasteiger partial charge on any atom is 0.313 e. The van der Waals surface area contributed by atoms with Crippen LogP contribution in [-0.2, 0) is 22.4 Å². The average Bonchev–Trinajstić information content (AvgIpc) is 3.10. The summed E-state index contributed by atoms with van der Waals surface area (Å²) < 4.78 is 5.41. The van der Waals surface area contributed by atoms with E-state index in [2.05, 4.69) is 10.6 Å². The van der Waals surface area contributed by atoms with Gasteiger partial charge in [-0.3, -0.25) is 9.59 Å². The molecule has 0 saturated heterocycles. The Balaban J connectivity index is 1.57.